The fourth-order valence-corrected chi connectivity index (χ4v) is 2.43. The van der Waals surface area contributed by atoms with E-state index in [-0.39, 0.29) is 0 Å². The summed E-state index contributed by atoms with van der Waals surface area (Å²) in [7, 11) is 2.03. The fourth-order valence-electron chi connectivity index (χ4n) is 2.43. The van der Waals surface area contributed by atoms with Gasteiger partial charge >= 0.3 is 0 Å². The van der Waals surface area contributed by atoms with Crippen LogP contribution in [0.5, 0.6) is 0 Å². The number of hydrogen-bond donors (Lipinski definition) is 1. The first-order valence-corrected chi connectivity index (χ1v) is 6.52. The Hall–Kier alpha value is -2.07. The van der Waals surface area contributed by atoms with Crippen LogP contribution >= 0.6 is 0 Å². The number of nitrogens with two attached hydrogens (primary N) is 1. The number of benzene rings is 1. The predicted octanol–water partition coefficient (Wildman–Crippen LogP) is 2.08. The highest BCUT2D eigenvalue weighted by Gasteiger charge is 2.04. The standard InChI is InChI=1S/C15H18N4/c1-18-9-6-17-15(18)5-8-19-7-4-13-10-12(11-16)2-3-14(13)19/h2-4,6-7,9-10H,5,8,11,16H2,1H3. The van der Waals surface area contributed by atoms with Crippen LogP contribution in [0.4, 0.5) is 0 Å². The van der Waals surface area contributed by atoms with Gasteiger partial charge in [-0.3, -0.25) is 0 Å². The molecule has 0 aliphatic heterocycles. The maximum absolute atomic E-state index is 5.67. The zero-order valence-corrected chi connectivity index (χ0v) is 11.1. The molecule has 3 aromatic rings. The Bertz CT molecular complexity index is 693. The van der Waals surface area contributed by atoms with Crippen molar-refractivity contribution in [2.75, 3.05) is 0 Å². The van der Waals surface area contributed by atoms with Gasteiger partial charge in [0.05, 0.1) is 0 Å². The SMILES string of the molecule is Cn1ccnc1CCn1ccc2cc(CN)ccc21. The lowest BCUT2D eigenvalue weighted by Gasteiger charge is -2.06. The van der Waals surface area contributed by atoms with Gasteiger partial charge < -0.3 is 14.9 Å². The molecule has 19 heavy (non-hydrogen) atoms. The third-order valence-corrected chi connectivity index (χ3v) is 3.57. The van der Waals surface area contributed by atoms with Crippen LogP contribution in [0.15, 0.2) is 42.9 Å². The summed E-state index contributed by atoms with van der Waals surface area (Å²) in [5.41, 5.74) is 8.10. The quantitative estimate of drug-likeness (QED) is 0.775. The molecule has 0 spiro atoms. The second kappa shape index (κ2) is 4.90. The van der Waals surface area contributed by atoms with Gasteiger partial charge in [0, 0.05) is 50.7 Å². The third-order valence-electron chi connectivity index (χ3n) is 3.57. The van der Waals surface area contributed by atoms with Crippen molar-refractivity contribution in [3.8, 4) is 0 Å². The van der Waals surface area contributed by atoms with Gasteiger partial charge in [0.15, 0.2) is 0 Å². The molecule has 0 aliphatic carbocycles. The van der Waals surface area contributed by atoms with E-state index in [9.17, 15) is 0 Å². The van der Waals surface area contributed by atoms with Crippen LogP contribution in [-0.4, -0.2) is 14.1 Å². The Morgan fingerprint density at radius 3 is 2.84 bits per heavy atom. The lowest BCUT2D eigenvalue weighted by molar-refractivity contribution is 0.668. The average molecular weight is 254 g/mol. The molecule has 2 aromatic heterocycles. The first-order chi connectivity index (χ1) is 9.28. The van der Waals surface area contributed by atoms with Gasteiger partial charge in [-0.05, 0) is 29.1 Å². The van der Waals surface area contributed by atoms with E-state index in [1.54, 1.807) is 0 Å². The highest BCUT2D eigenvalue weighted by molar-refractivity contribution is 5.80. The van der Waals surface area contributed by atoms with Crippen LogP contribution in [0.2, 0.25) is 0 Å². The number of rotatable bonds is 4. The summed E-state index contributed by atoms with van der Waals surface area (Å²) >= 11 is 0. The van der Waals surface area contributed by atoms with Gasteiger partial charge in [0.25, 0.3) is 0 Å². The molecule has 0 amide bonds. The van der Waals surface area contributed by atoms with Crippen molar-refractivity contribution in [2.45, 2.75) is 19.5 Å². The van der Waals surface area contributed by atoms with E-state index in [1.807, 2.05) is 19.4 Å². The minimum Gasteiger partial charge on any atom is -0.347 e. The molecule has 0 unspecified atom stereocenters. The van der Waals surface area contributed by atoms with E-state index < -0.39 is 0 Å². The van der Waals surface area contributed by atoms with Crippen molar-refractivity contribution >= 4 is 10.9 Å². The molecule has 0 fully saturated rings. The highest BCUT2D eigenvalue weighted by atomic mass is 15.0. The van der Waals surface area contributed by atoms with Gasteiger partial charge in [-0.1, -0.05) is 6.07 Å². The zero-order valence-electron chi connectivity index (χ0n) is 11.1. The molecule has 0 bridgehead atoms. The molecule has 0 atom stereocenters. The summed E-state index contributed by atoms with van der Waals surface area (Å²) in [6.07, 6.45) is 6.90. The molecule has 2 heterocycles. The molecule has 0 aliphatic rings. The van der Waals surface area contributed by atoms with Crippen LogP contribution < -0.4 is 5.73 Å². The summed E-state index contributed by atoms with van der Waals surface area (Å²) in [6, 6.07) is 8.55. The molecule has 4 heteroatoms. The van der Waals surface area contributed by atoms with Crippen molar-refractivity contribution in [3.63, 3.8) is 0 Å². The largest absolute Gasteiger partial charge is 0.347 e. The van der Waals surface area contributed by atoms with Crippen LogP contribution in [-0.2, 0) is 26.6 Å². The minimum absolute atomic E-state index is 0.592. The second-order valence-electron chi connectivity index (χ2n) is 4.81. The van der Waals surface area contributed by atoms with Crippen LogP contribution in [0.1, 0.15) is 11.4 Å². The Kier molecular flexibility index (Phi) is 3.09. The van der Waals surface area contributed by atoms with Gasteiger partial charge in [0.1, 0.15) is 5.82 Å². The first kappa shape index (κ1) is 12.0. The summed E-state index contributed by atoms with van der Waals surface area (Å²) in [4.78, 5) is 4.36. The van der Waals surface area contributed by atoms with Crippen molar-refractivity contribution < 1.29 is 0 Å². The minimum atomic E-state index is 0.592. The van der Waals surface area contributed by atoms with Gasteiger partial charge in [0.2, 0.25) is 0 Å². The van der Waals surface area contributed by atoms with E-state index in [4.69, 9.17) is 5.73 Å². The van der Waals surface area contributed by atoms with Crippen LogP contribution in [0.25, 0.3) is 10.9 Å². The molecule has 4 nitrogen and oxygen atoms in total. The molecule has 1 aromatic carbocycles. The van der Waals surface area contributed by atoms with Gasteiger partial charge in [-0.25, -0.2) is 4.98 Å². The zero-order chi connectivity index (χ0) is 13.2. The van der Waals surface area contributed by atoms with Crippen LogP contribution in [0, 0.1) is 0 Å². The molecule has 3 rings (SSSR count). The molecule has 2 N–H and O–H groups in total. The Balaban J connectivity index is 1.83. The van der Waals surface area contributed by atoms with Crippen molar-refractivity contribution in [1.29, 1.82) is 0 Å². The summed E-state index contributed by atoms with van der Waals surface area (Å²) in [5.74, 6) is 1.11. The summed E-state index contributed by atoms with van der Waals surface area (Å²) < 4.78 is 4.34. The predicted molar refractivity (Wildman–Crippen MR) is 76.7 cm³/mol. The maximum Gasteiger partial charge on any atom is 0.110 e. The molecule has 0 saturated carbocycles. The number of aryl methyl sites for hydroxylation is 3. The topological polar surface area (TPSA) is 48.8 Å². The van der Waals surface area contributed by atoms with Crippen LogP contribution in [0.3, 0.4) is 0 Å². The normalized spacial score (nSPS) is 11.3. The first-order valence-electron chi connectivity index (χ1n) is 6.52. The molecular formula is C15H18N4. The van der Waals surface area contributed by atoms with Crippen molar-refractivity contribution in [3.05, 3.63) is 54.2 Å². The average Bonchev–Trinajstić information content (AvgIpc) is 3.02. The second-order valence-corrected chi connectivity index (χ2v) is 4.81. The summed E-state index contributed by atoms with van der Waals surface area (Å²) in [5, 5.41) is 1.25. The Labute approximate surface area is 112 Å². The highest BCUT2D eigenvalue weighted by Crippen LogP contribution is 2.18. The number of hydrogen-bond acceptors (Lipinski definition) is 2. The van der Waals surface area contributed by atoms with Gasteiger partial charge in [-0.2, -0.15) is 0 Å². The fraction of sp³-hybridized carbons (Fsp3) is 0.267. The van der Waals surface area contributed by atoms with Gasteiger partial charge in [-0.15, -0.1) is 0 Å². The van der Waals surface area contributed by atoms with E-state index in [1.165, 1.54) is 16.5 Å². The van der Waals surface area contributed by atoms with E-state index in [0.29, 0.717) is 6.54 Å². The number of imidazole rings is 1. The molecule has 98 valence electrons. The van der Waals surface area contributed by atoms with E-state index >= 15 is 0 Å². The van der Waals surface area contributed by atoms with E-state index in [0.717, 1.165) is 18.8 Å². The monoisotopic (exact) mass is 254 g/mol. The lowest BCUT2D eigenvalue weighted by Crippen LogP contribution is -2.04. The van der Waals surface area contributed by atoms with E-state index in [2.05, 4.69) is 44.6 Å². The number of fused-ring (bicyclic) bond motifs is 1. The molecular weight excluding hydrogens is 236 g/mol. The molecule has 0 saturated heterocycles. The summed E-state index contributed by atoms with van der Waals surface area (Å²) in [6.45, 7) is 1.53. The Morgan fingerprint density at radius 2 is 2.11 bits per heavy atom. The van der Waals surface area contributed by atoms with Crippen molar-refractivity contribution in [1.82, 2.24) is 14.1 Å². The lowest BCUT2D eigenvalue weighted by atomic mass is 10.1. The number of nitrogens with zero attached hydrogens (tertiary/aromatic N) is 3. The third kappa shape index (κ3) is 2.27. The Morgan fingerprint density at radius 1 is 1.21 bits per heavy atom. The molecule has 0 radical (unpaired) electrons. The van der Waals surface area contributed by atoms with Crippen molar-refractivity contribution in [2.24, 2.45) is 12.8 Å². The maximum atomic E-state index is 5.67. The number of aromatic nitrogens is 3. The smallest absolute Gasteiger partial charge is 0.110 e.